The van der Waals surface area contributed by atoms with Crippen LogP contribution in [0.1, 0.15) is 6.42 Å². The molecule has 2 N–H and O–H groups in total. The van der Waals surface area contributed by atoms with E-state index in [9.17, 15) is 19.2 Å². The maximum absolute atomic E-state index is 12.9. The molecule has 0 spiro atoms. The number of aliphatic carboxylic acids is 1. The van der Waals surface area contributed by atoms with Crippen molar-refractivity contribution in [2.75, 3.05) is 18.5 Å². The van der Waals surface area contributed by atoms with Gasteiger partial charge in [0.1, 0.15) is 0 Å². The Morgan fingerprint density at radius 1 is 1.24 bits per heavy atom. The fourth-order valence-electron chi connectivity index (χ4n) is 2.91. The number of carboxylic acids is 1. The van der Waals surface area contributed by atoms with Gasteiger partial charge in [-0.3, -0.25) is 19.3 Å². The summed E-state index contributed by atoms with van der Waals surface area (Å²) in [7, 11) is 1.49. The molecule has 1 aromatic heterocycles. The standard InChI is InChI=1S/C20H19N3O6/c1-22-9-6-16(24)18(19(22)27)23(20(28)21-8-5-17(25)26)15-4-2-3-13(11-15)14-7-10-29-12-14/h2-4,6-7,9-12,18H,5,8H2,1H3,(H,21,28)(H,25,26)/t18-/m0/s1. The van der Waals surface area contributed by atoms with Crippen molar-refractivity contribution in [3.8, 4) is 11.1 Å². The molecule has 0 radical (unpaired) electrons. The van der Waals surface area contributed by atoms with Crippen LogP contribution in [0.4, 0.5) is 10.5 Å². The molecule has 9 heteroatoms. The first-order valence-corrected chi connectivity index (χ1v) is 8.78. The number of carbonyl (C=O) groups is 4. The quantitative estimate of drug-likeness (QED) is 0.718. The van der Waals surface area contributed by atoms with Crippen molar-refractivity contribution in [1.29, 1.82) is 0 Å². The van der Waals surface area contributed by atoms with Gasteiger partial charge in [0.15, 0.2) is 11.8 Å². The summed E-state index contributed by atoms with van der Waals surface area (Å²) < 4.78 is 5.08. The molecule has 0 bridgehead atoms. The number of benzene rings is 1. The van der Waals surface area contributed by atoms with Crippen LogP contribution in [0.3, 0.4) is 0 Å². The number of carboxylic acid groups (broad SMARTS) is 1. The minimum Gasteiger partial charge on any atom is -0.481 e. The van der Waals surface area contributed by atoms with Gasteiger partial charge >= 0.3 is 12.0 Å². The van der Waals surface area contributed by atoms with Gasteiger partial charge in [0.2, 0.25) is 0 Å². The molecule has 0 fully saturated rings. The summed E-state index contributed by atoms with van der Waals surface area (Å²) in [6.07, 6.45) is 5.31. The number of anilines is 1. The van der Waals surface area contributed by atoms with Crippen molar-refractivity contribution in [1.82, 2.24) is 10.2 Å². The molecule has 1 aromatic carbocycles. The van der Waals surface area contributed by atoms with E-state index in [1.165, 1.54) is 36.7 Å². The lowest BCUT2D eigenvalue weighted by Crippen LogP contribution is -2.57. The zero-order chi connectivity index (χ0) is 21.0. The first-order valence-electron chi connectivity index (χ1n) is 8.78. The maximum Gasteiger partial charge on any atom is 0.323 e. The van der Waals surface area contributed by atoms with Crippen molar-refractivity contribution in [2.45, 2.75) is 12.5 Å². The summed E-state index contributed by atoms with van der Waals surface area (Å²) in [6.45, 7) is -0.146. The highest BCUT2D eigenvalue weighted by molar-refractivity contribution is 6.19. The second kappa shape index (κ2) is 8.42. The molecule has 2 heterocycles. The molecule has 0 aliphatic carbocycles. The molecule has 150 valence electrons. The van der Waals surface area contributed by atoms with Crippen LogP contribution in [-0.2, 0) is 14.4 Å². The largest absolute Gasteiger partial charge is 0.481 e. The highest BCUT2D eigenvalue weighted by atomic mass is 16.4. The van der Waals surface area contributed by atoms with Crippen LogP contribution in [0.25, 0.3) is 11.1 Å². The van der Waals surface area contributed by atoms with E-state index in [2.05, 4.69) is 5.32 Å². The molecule has 0 saturated carbocycles. The lowest BCUT2D eigenvalue weighted by atomic mass is 10.0. The number of carbonyl (C=O) groups excluding carboxylic acids is 3. The second-order valence-corrected chi connectivity index (χ2v) is 6.38. The Kier molecular flexibility index (Phi) is 5.77. The number of likely N-dealkylation sites (N-methyl/N-ethyl adjacent to an activating group) is 1. The van der Waals surface area contributed by atoms with E-state index < -0.39 is 29.7 Å². The number of nitrogens with zero attached hydrogens (tertiary/aromatic N) is 2. The molecule has 3 rings (SSSR count). The van der Waals surface area contributed by atoms with E-state index in [4.69, 9.17) is 9.52 Å². The van der Waals surface area contributed by atoms with Crippen LogP contribution < -0.4 is 10.2 Å². The van der Waals surface area contributed by atoms with Gasteiger partial charge in [-0.15, -0.1) is 0 Å². The minimum atomic E-state index is -1.39. The highest BCUT2D eigenvalue weighted by Crippen LogP contribution is 2.27. The third kappa shape index (κ3) is 4.34. The molecule has 0 saturated heterocycles. The SMILES string of the molecule is CN1C=CC(=O)[C@H](N(C(=O)NCCC(=O)O)c2cccc(-c3ccoc3)c2)C1=O. The second-order valence-electron chi connectivity index (χ2n) is 6.38. The Bertz CT molecular complexity index is 966. The van der Waals surface area contributed by atoms with Gasteiger partial charge in [0.25, 0.3) is 5.91 Å². The Morgan fingerprint density at radius 3 is 2.72 bits per heavy atom. The van der Waals surface area contributed by atoms with Crippen LogP contribution in [-0.4, -0.2) is 53.3 Å². The van der Waals surface area contributed by atoms with Gasteiger partial charge in [-0.05, 0) is 23.8 Å². The Balaban J connectivity index is 1.99. The predicted octanol–water partition coefficient (Wildman–Crippen LogP) is 1.86. The van der Waals surface area contributed by atoms with Gasteiger partial charge in [-0.25, -0.2) is 4.79 Å². The third-order valence-electron chi connectivity index (χ3n) is 4.38. The fraction of sp³-hybridized carbons (Fsp3) is 0.200. The van der Waals surface area contributed by atoms with Crippen molar-refractivity contribution >= 4 is 29.4 Å². The molecule has 0 unspecified atom stereocenters. The van der Waals surface area contributed by atoms with Crippen LogP contribution in [0.15, 0.2) is 59.6 Å². The summed E-state index contributed by atoms with van der Waals surface area (Å²) in [5, 5.41) is 11.3. The van der Waals surface area contributed by atoms with Crippen LogP contribution in [0.5, 0.6) is 0 Å². The molecule has 3 amide bonds. The number of ketones is 1. The van der Waals surface area contributed by atoms with Crippen LogP contribution in [0, 0.1) is 0 Å². The molecular weight excluding hydrogens is 378 g/mol. The highest BCUT2D eigenvalue weighted by Gasteiger charge is 2.39. The van der Waals surface area contributed by atoms with Gasteiger partial charge in [0.05, 0.1) is 18.9 Å². The normalized spacial score (nSPS) is 16.0. The van der Waals surface area contributed by atoms with Crippen molar-refractivity contribution in [2.24, 2.45) is 0 Å². The monoisotopic (exact) mass is 397 g/mol. The summed E-state index contributed by atoms with van der Waals surface area (Å²) in [4.78, 5) is 51.1. The minimum absolute atomic E-state index is 0.146. The van der Waals surface area contributed by atoms with Gasteiger partial charge in [-0.1, -0.05) is 12.1 Å². The van der Waals surface area contributed by atoms with Gasteiger partial charge in [-0.2, -0.15) is 0 Å². The molecule has 2 aromatic rings. The Hall–Kier alpha value is -3.88. The van der Waals surface area contributed by atoms with Crippen molar-refractivity contribution in [3.05, 3.63) is 55.1 Å². The molecule has 1 aliphatic heterocycles. The number of rotatable bonds is 6. The smallest absolute Gasteiger partial charge is 0.323 e. The van der Waals surface area contributed by atoms with Crippen molar-refractivity contribution < 1.29 is 28.7 Å². The summed E-state index contributed by atoms with van der Waals surface area (Å²) in [5.41, 5.74) is 1.79. The lowest BCUT2D eigenvalue weighted by molar-refractivity contribution is -0.137. The number of nitrogens with one attached hydrogen (secondary N) is 1. The topological polar surface area (TPSA) is 120 Å². The van der Waals surface area contributed by atoms with Crippen molar-refractivity contribution in [3.63, 3.8) is 0 Å². The average Bonchev–Trinajstić information content (AvgIpc) is 3.23. The average molecular weight is 397 g/mol. The zero-order valence-corrected chi connectivity index (χ0v) is 15.6. The molecule has 1 atom stereocenters. The number of hydrogen-bond acceptors (Lipinski definition) is 5. The molecule has 29 heavy (non-hydrogen) atoms. The number of amides is 3. The van der Waals surface area contributed by atoms with E-state index in [-0.39, 0.29) is 13.0 Å². The van der Waals surface area contributed by atoms with E-state index >= 15 is 0 Å². The van der Waals surface area contributed by atoms with Crippen LogP contribution in [0.2, 0.25) is 0 Å². The zero-order valence-electron chi connectivity index (χ0n) is 15.6. The van der Waals surface area contributed by atoms with Crippen LogP contribution >= 0.6 is 0 Å². The summed E-state index contributed by atoms with van der Waals surface area (Å²) in [5.74, 6) is -2.19. The van der Waals surface area contributed by atoms with E-state index in [0.717, 1.165) is 16.0 Å². The lowest BCUT2D eigenvalue weighted by Gasteiger charge is -2.33. The first kappa shape index (κ1) is 19.9. The summed E-state index contributed by atoms with van der Waals surface area (Å²) in [6, 6.07) is 6.34. The first-order chi connectivity index (χ1) is 13.9. The molecule has 1 aliphatic rings. The third-order valence-corrected chi connectivity index (χ3v) is 4.38. The van der Waals surface area contributed by atoms with E-state index in [1.807, 2.05) is 0 Å². The molecule has 9 nitrogen and oxygen atoms in total. The van der Waals surface area contributed by atoms with E-state index in [0.29, 0.717) is 5.69 Å². The number of hydrogen-bond donors (Lipinski definition) is 2. The summed E-state index contributed by atoms with van der Waals surface area (Å²) >= 11 is 0. The van der Waals surface area contributed by atoms with Gasteiger partial charge < -0.3 is 19.7 Å². The Morgan fingerprint density at radius 2 is 2.03 bits per heavy atom. The van der Waals surface area contributed by atoms with E-state index in [1.54, 1.807) is 30.3 Å². The maximum atomic E-state index is 12.9. The predicted molar refractivity (Wildman–Crippen MR) is 103 cm³/mol. The molecular formula is C20H19N3O6. The number of urea groups is 1. The van der Waals surface area contributed by atoms with Gasteiger partial charge in [0, 0.05) is 37.1 Å². The number of furan rings is 1. The fourth-order valence-corrected chi connectivity index (χ4v) is 2.91. The Labute approximate surface area is 166 Å².